The number of benzene rings is 4. The lowest BCUT2D eigenvalue weighted by Crippen LogP contribution is -2.48. The lowest BCUT2D eigenvalue weighted by Gasteiger charge is -2.40. The number of hydrogen-bond acceptors (Lipinski definition) is 4. The molecule has 6 heteroatoms. The van der Waals surface area contributed by atoms with Gasteiger partial charge >= 0.3 is 0 Å². The predicted octanol–water partition coefficient (Wildman–Crippen LogP) is 6.08. The first kappa shape index (κ1) is 25.8. The lowest BCUT2D eigenvalue weighted by molar-refractivity contribution is 0.0983. The maximum atomic E-state index is 13.8. The summed E-state index contributed by atoms with van der Waals surface area (Å²) in [6.07, 6.45) is 1.03. The molecule has 0 aromatic heterocycles. The molecule has 0 aliphatic carbocycles. The summed E-state index contributed by atoms with van der Waals surface area (Å²) in [6.45, 7) is 3.68. The molecule has 6 rings (SSSR count). The lowest BCUT2D eigenvalue weighted by atomic mass is 9.98. The number of rotatable bonds is 5. The Bertz CT molecular complexity index is 1550. The van der Waals surface area contributed by atoms with Crippen LogP contribution in [0.15, 0.2) is 97.1 Å². The van der Waals surface area contributed by atoms with Gasteiger partial charge in [0.25, 0.3) is 11.8 Å². The average Bonchev–Trinajstić information content (AvgIpc) is 3.42. The third-order valence-electron chi connectivity index (χ3n) is 8.17. The fraction of sp³-hybridized carbons (Fsp3) is 0.235. The van der Waals surface area contributed by atoms with Gasteiger partial charge in [-0.05, 0) is 81.0 Å². The molecule has 0 bridgehead atoms. The number of carbonyl (C=O) groups is 2. The molecular formula is C34H34N4O2. The molecule has 1 saturated heterocycles. The van der Waals surface area contributed by atoms with E-state index in [9.17, 15) is 9.59 Å². The van der Waals surface area contributed by atoms with Gasteiger partial charge in [-0.1, -0.05) is 60.2 Å². The number of nitrogens with zero attached hydrogens (tertiary/aromatic N) is 3. The minimum Gasteiger partial charge on any atom is -0.363 e. The number of carbonyl (C=O) groups excluding carboxylic acids is 2. The zero-order valence-electron chi connectivity index (χ0n) is 23.2. The highest BCUT2D eigenvalue weighted by Crippen LogP contribution is 2.40. The van der Waals surface area contributed by atoms with Crippen LogP contribution in [0.4, 0.5) is 17.1 Å². The number of amides is 2. The zero-order chi connectivity index (χ0) is 27.8. The summed E-state index contributed by atoms with van der Waals surface area (Å²) in [7, 11) is 4.25. The first-order chi connectivity index (χ1) is 19.4. The number of fused-ring (bicyclic) bond motifs is 3. The Morgan fingerprint density at radius 1 is 0.800 bits per heavy atom. The topological polar surface area (TPSA) is 55.9 Å². The van der Waals surface area contributed by atoms with Crippen LogP contribution < -0.4 is 15.1 Å². The maximum Gasteiger partial charge on any atom is 0.258 e. The van der Waals surface area contributed by atoms with Crippen LogP contribution in [0.3, 0.4) is 0 Å². The summed E-state index contributed by atoms with van der Waals surface area (Å²) in [5, 5.41) is 3.01. The molecule has 2 heterocycles. The molecule has 0 radical (unpaired) electrons. The number of aryl methyl sites for hydroxylation is 1. The van der Waals surface area contributed by atoms with Crippen molar-refractivity contribution in [3.8, 4) is 11.1 Å². The fourth-order valence-corrected chi connectivity index (χ4v) is 5.89. The highest BCUT2D eigenvalue weighted by atomic mass is 16.2. The number of hydrogen-bond donors (Lipinski definition) is 1. The van der Waals surface area contributed by atoms with Crippen LogP contribution in [0.5, 0.6) is 0 Å². The van der Waals surface area contributed by atoms with Crippen LogP contribution in [0, 0.1) is 6.92 Å². The van der Waals surface area contributed by atoms with E-state index < -0.39 is 0 Å². The molecule has 0 saturated carbocycles. The number of para-hydroxylation sites is 2. The number of likely N-dealkylation sites (N-methyl/N-ethyl adjacent to an activating group) is 1. The normalized spacial score (nSPS) is 17.9. The molecule has 1 fully saturated rings. The third kappa shape index (κ3) is 4.87. The molecule has 202 valence electrons. The second-order valence-electron chi connectivity index (χ2n) is 11.0. The van der Waals surface area contributed by atoms with Gasteiger partial charge in [0, 0.05) is 42.0 Å². The van der Waals surface area contributed by atoms with Gasteiger partial charge in [0.1, 0.15) is 0 Å². The zero-order valence-corrected chi connectivity index (χ0v) is 23.2. The van der Waals surface area contributed by atoms with Crippen molar-refractivity contribution < 1.29 is 9.59 Å². The van der Waals surface area contributed by atoms with E-state index in [0.717, 1.165) is 35.5 Å². The van der Waals surface area contributed by atoms with Crippen molar-refractivity contribution in [2.24, 2.45) is 0 Å². The molecule has 0 spiro atoms. The largest absolute Gasteiger partial charge is 0.363 e. The summed E-state index contributed by atoms with van der Waals surface area (Å²) in [5.74, 6) is -0.208. The Labute approximate surface area is 235 Å². The van der Waals surface area contributed by atoms with Crippen molar-refractivity contribution >= 4 is 28.9 Å². The molecule has 1 unspecified atom stereocenters. The van der Waals surface area contributed by atoms with Gasteiger partial charge < -0.3 is 20.0 Å². The van der Waals surface area contributed by atoms with Crippen molar-refractivity contribution in [3.63, 3.8) is 0 Å². The molecule has 6 nitrogen and oxygen atoms in total. The standard InChI is InChI=1S/C34H34N4O2/c1-23-12-14-24(15-13-23)29-8-4-5-9-30(29)33(39)35-26-18-16-25(17-19-26)34(40)38-22-28-20-27(36(2)3)21-37(28)31-10-6-7-11-32(31)38/h4-19,27-28H,20-22H2,1-3H3,(H,35,39)/t27?,28-/m0/s1. The van der Waals surface area contributed by atoms with Crippen LogP contribution in [0.25, 0.3) is 11.1 Å². The van der Waals surface area contributed by atoms with Crippen molar-refractivity contribution in [2.45, 2.75) is 25.4 Å². The number of anilines is 3. The van der Waals surface area contributed by atoms with Crippen LogP contribution in [-0.4, -0.2) is 56.0 Å². The van der Waals surface area contributed by atoms with Crippen LogP contribution >= 0.6 is 0 Å². The number of nitrogens with one attached hydrogen (secondary N) is 1. The quantitative estimate of drug-likeness (QED) is 0.340. The highest BCUT2D eigenvalue weighted by Gasteiger charge is 2.40. The predicted molar refractivity (Wildman–Crippen MR) is 162 cm³/mol. The summed E-state index contributed by atoms with van der Waals surface area (Å²) < 4.78 is 0. The van der Waals surface area contributed by atoms with Crippen molar-refractivity contribution in [2.75, 3.05) is 42.3 Å². The van der Waals surface area contributed by atoms with E-state index in [-0.39, 0.29) is 11.8 Å². The Kier molecular flexibility index (Phi) is 6.86. The Morgan fingerprint density at radius 2 is 1.48 bits per heavy atom. The summed E-state index contributed by atoms with van der Waals surface area (Å²) in [4.78, 5) is 33.7. The molecule has 4 aromatic rings. The van der Waals surface area contributed by atoms with Crippen molar-refractivity contribution in [1.82, 2.24) is 4.90 Å². The van der Waals surface area contributed by atoms with E-state index in [1.54, 1.807) is 24.3 Å². The van der Waals surface area contributed by atoms with Crippen molar-refractivity contribution in [3.05, 3.63) is 114 Å². The van der Waals surface area contributed by atoms with E-state index in [2.05, 4.69) is 35.3 Å². The van der Waals surface area contributed by atoms with Gasteiger partial charge in [-0.15, -0.1) is 0 Å². The monoisotopic (exact) mass is 530 g/mol. The van der Waals surface area contributed by atoms with E-state index >= 15 is 0 Å². The van der Waals surface area contributed by atoms with Crippen molar-refractivity contribution in [1.29, 1.82) is 0 Å². The molecule has 2 atom stereocenters. The summed E-state index contributed by atoms with van der Waals surface area (Å²) in [6, 6.07) is 31.9. The van der Waals surface area contributed by atoms with Gasteiger partial charge in [-0.2, -0.15) is 0 Å². The van der Waals surface area contributed by atoms with Gasteiger partial charge in [-0.3, -0.25) is 9.59 Å². The summed E-state index contributed by atoms with van der Waals surface area (Å²) in [5.41, 5.74) is 6.98. The van der Waals surface area contributed by atoms with E-state index in [1.807, 2.05) is 78.6 Å². The van der Waals surface area contributed by atoms with Crippen LogP contribution in [0.2, 0.25) is 0 Å². The Hall–Kier alpha value is -4.42. The molecule has 2 amide bonds. The fourth-order valence-electron chi connectivity index (χ4n) is 5.89. The summed E-state index contributed by atoms with van der Waals surface area (Å²) >= 11 is 0. The van der Waals surface area contributed by atoms with Gasteiger partial charge in [0.05, 0.1) is 11.4 Å². The van der Waals surface area contributed by atoms with E-state index in [4.69, 9.17) is 0 Å². The average molecular weight is 531 g/mol. The highest BCUT2D eigenvalue weighted by molar-refractivity contribution is 6.10. The second-order valence-corrected chi connectivity index (χ2v) is 11.0. The molecule has 2 aliphatic rings. The first-order valence-electron chi connectivity index (χ1n) is 13.8. The van der Waals surface area contributed by atoms with E-state index in [1.165, 1.54) is 5.56 Å². The van der Waals surface area contributed by atoms with Gasteiger partial charge in [0.2, 0.25) is 0 Å². The van der Waals surface area contributed by atoms with Crippen LogP contribution in [-0.2, 0) is 0 Å². The Balaban J connectivity index is 1.20. The van der Waals surface area contributed by atoms with Crippen LogP contribution in [0.1, 0.15) is 32.7 Å². The second kappa shape index (κ2) is 10.6. The minimum atomic E-state index is -0.183. The van der Waals surface area contributed by atoms with E-state index in [0.29, 0.717) is 35.4 Å². The third-order valence-corrected chi connectivity index (χ3v) is 8.17. The molecule has 1 N–H and O–H groups in total. The Morgan fingerprint density at radius 3 is 2.20 bits per heavy atom. The minimum absolute atomic E-state index is 0.0250. The first-order valence-corrected chi connectivity index (χ1v) is 13.8. The van der Waals surface area contributed by atoms with Gasteiger partial charge in [-0.25, -0.2) is 0 Å². The molecular weight excluding hydrogens is 496 g/mol. The molecule has 40 heavy (non-hydrogen) atoms. The maximum absolute atomic E-state index is 13.8. The molecule has 4 aromatic carbocycles. The SMILES string of the molecule is Cc1ccc(-c2ccccc2C(=O)Nc2ccc(C(=O)N3C[C@@H]4CC(N(C)C)CN4c4ccccc43)cc2)cc1. The van der Waals surface area contributed by atoms with Gasteiger partial charge in [0.15, 0.2) is 0 Å². The molecule has 2 aliphatic heterocycles. The smallest absolute Gasteiger partial charge is 0.258 e.